The van der Waals surface area contributed by atoms with Gasteiger partial charge < -0.3 is 9.84 Å². The number of fused-ring (bicyclic) bond motifs is 1. The van der Waals surface area contributed by atoms with Crippen LogP contribution >= 0.6 is 0 Å². The van der Waals surface area contributed by atoms with Crippen LogP contribution in [0.4, 0.5) is 0 Å². The second-order valence-electron chi connectivity index (χ2n) is 10.4. The average molecular weight is 465 g/mol. The third-order valence-electron chi connectivity index (χ3n) is 6.83. The highest BCUT2D eigenvalue weighted by Gasteiger charge is 2.36. The summed E-state index contributed by atoms with van der Waals surface area (Å²) >= 11 is 0. The molecule has 0 radical (unpaired) electrons. The van der Waals surface area contributed by atoms with Crippen LogP contribution in [0, 0.1) is 0 Å². The summed E-state index contributed by atoms with van der Waals surface area (Å²) in [5.41, 5.74) is 5.06. The molecule has 7 heteroatoms. The molecule has 0 fully saturated rings. The Morgan fingerprint density at radius 3 is 2.29 bits per heavy atom. The van der Waals surface area contributed by atoms with Crippen molar-refractivity contribution < 1.29 is 14.6 Å². The van der Waals surface area contributed by atoms with Gasteiger partial charge in [0.25, 0.3) is 0 Å². The fourth-order valence-electron chi connectivity index (χ4n) is 4.68. The van der Waals surface area contributed by atoms with Gasteiger partial charge in [-0.05, 0) is 58.1 Å². The number of carbonyl (C=O) groups is 1. The van der Waals surface area contributed by atoms with Crippen LogP contribution in [-0.4, -0.2) is 35.7 Å². The summed E-state index contributed by atoms with van der Waals surface area (Å²) in [5.74, 6) is 5.38. The van der Waals surface area contributed by atoms with Gasteiger partial charge in [-0.15, -0.1) is 5.10 Å². The van der Waals surface area contributed by atoms with E-state index >= 15 is 0 Å². The van der Waals surface area contributed by atoms with Crippen molar-refractivity contribution in [2.24, 2.45) is 16.0 Å². The molecule has 182 valence electrons. The van der Waals surface area contributed by atoms with Crippen molar-refractivity contribution >= 4 is 18.5 Å². The number of aliphatic carboxylic acids is 1. The van der Waals surface area contributed by atoms with Crippen LogP contribution in [0.25, 0.3) is 0 Å². The first-order chi connectivity index (χ1) is 15.9. The fraction of sp³-hybridized carbons (Fsp3) is 0.444. The monoisotopic (exact) mass is 464 g/mol. The maximum absolute atomic E-state index is 11.4. The molecule has 0 heterocycles. The van der Waals surface area contributed by atoms with Crippen molar-refractivity contribution in [1.82, 2.24) is 5.01 Å². The number of hydrogen-bond acceptors (Lipinski definition) is 5. The number of nitrogens with zero attached hydrogens (tertiary/aromatic N) is 3. The first kappa shape index (κ1) is 25.4. The molecule has 2 aromatic carbocycles. The van der Waals surface area contributed by atoms with Crippen molar-refractivity contribution in [3.05, 3.63) is 64.7 Å². The van der Waals surface area contributed by atoms with Gasteiger partial charge in [0.05, 0.1) is 12.3 Å². The number of likely N-dealkylation sites (N-methyl/N-ethyl adjacent to an activating group) is 1. The Morgan fingerprint density at radius 1 is 1.12 bits per heavy atom. The Bertz CT molecular complexity index is 1070. The summed E-state index contributed by atoms with van der Waals surface area (Å²) in [6.07, 6.45) is 2.19. The predicted octanol–water partition coefficient (Wildman–Crippen LogP) is 4.99. The first-order valence-corrected chi connectivity index (χ1v) is 11.5. The highest BCUT2D eigenvalue weighted by Crippen LogP contribution is 2.46. The van der Waals surface area contributed by atoms with Crippen molar-refractivity contribution in [1.29, 1.82) is 0 Å². The smallest absolute Gasteiger partial charge is 0.304 e. The highest BCUT2D eigenvalue weighted by atomic mass is 16.5. The highest BCUT2D eigenvalue weighted by molar-refractivity contribution is 5.91. The second-order valence-corrected chi connectivity index (χ2v) is 10.4. The van der Waals surface area contributed by atoms with E-state index < -0.39 is 11.9 Å². The third-order valence-corrected chi connectivity index (χ3v) is 6.83. The number of nitrogens with two attached hydrogens (primary N) is 1. The van der Waals surface area contributed by atoms with E-state index in [0.717, 1.165) is 11.1 Å². The van der Waals surface area contributed by atoms with Gasteiger partial charge >= 0.3 is 5.97 Å². The lowest BCUT2D eigenvalue weighted by Crippen LogP contribution is -2.38. The van der Waals surface area contributed by atoms with Crippen LogP contribution in [0.3, 0.4) is 0 Å². The summed E-state index contributed by atoms with van der Waals surface area (Å²) in [6.45, 7) is 13.1. The SMILES string of the molecule is C=N/N=C(/[C@@H](CC(=O)O)c1ccc(OCc2ccc3c(c2)C(C)(C)CCC3(C)C)cc1)N(C)N. The van der Waals surface area contributed by atoms with Crippen LogP contribution < -0.4 is 10.6 Å². The molecule has 7 nitrogen and oxygen atoms in total. The summed E-state index contributed by atoms with van der Waals surface area (Å²) in [6, 6.07) is 14.0. The summed E-state index contributed by atoms with van der Waals surface area (Å²) in [5, 5.41) is 18.1. The predicted molar refractivity (Wildman–Crippen MR) is 136 cm³/mol. The lowest BCUT2D eigenvalue weighted by Gasteiger charge is -2.42. The van der Waals surface area contributed by atoms with Crippen LogP contribution in [-0.2, 0) is 22.2 Å². The van der Waals surface area contributed by atoms with E-state index in [2.05, 4.69) is 62.8 Å². The third kappa shape index (κ3) is 5.65. The molecule has 0 saturated carbocycles. The standard InChI is InChI=1S/C27H36N4O3/c1-26(2)13-14-27(3,4)23-15-18(7-12-22(23)26)17-34-20-10-8-19(9-11-20)21(16-24(32)33)25(30-29-5)31(6)28/h7-12,15,21H,5,13-14,16-17,28H2,1-4,6H3,(H,32,33)/b30-25-/t21-/m0/s1. The number of amidine groups is 1. The molecule has 3 rings (SSSR count). The van der Waals surface area contributed by atoms with E-state index in [0.29, 0.717) is 18.2 Å². The zero-order chi connectivity index (χ0) is 25.1. The number of hydrogen-bond donors (Lipinski definition) is 2. The largest absolute Gasteiger partial charge is 0.489 e. The number of rotatable bonds is 8. The molecule has 1 atom stereocenters. The normalized spacial score (nSPS) is 17.4. The van der Waals surface area contributed by atoms with Crippen molar-refractivity contribution in [3.63, 3.8) is 0 Å². The first-order valence-electron chi connectivity index (χ1n) is 11.5. The molecule has 0 saturated heterocycles. The van der Waals surface area contributed by atoms with Gasteiger partial charge in [0.1, 0.15) is 18.2 Å². The van der Waals surface area contributed by atoms with Gasteiger partial charge in [0.2, 0.25) is 0 Å². The molecule has 0 unspecified atom stereocenters. The molecular formula is C27H36N4O3. The van der Waals surface area contributed by atoms with Gasteiger partial charge in [-0.3, -0.25) is 9.80 Å². The lowest BCUT2D eigenvalue weighted by atomic mass is 9.63. The van der Waals surface area contributed by atoms with E-state index in [1.54, 1.807) is 7.05 Å². The number of hydrazine groups is 1. The molecule has 1 aliphatic rings. The summed E-state index contributed by atoms with van der Waals surface area (Å²) in [7, 11) is 1.59. The maximum atomic E-state index is 11.4. The molecule has 0 amide bonds. The molecule has 0 aliphatic heterocycles. The molecule has 0 spiro atoms. The van der Waals surface area contributed by atoms with Crippen molar-refractivity contribution in [2.45, 2.75) is 70.3 Å². The van der Waals surface area contributed by atoms with Crippen molar-refractivity contribution in [3.8, 4) is 5.75 Å². The van der Waals surface area contributed by atoms with Gasteiger partial charge in [-0.25, -0.2) is 5.84 Å². The molecule has 0 aromatic heterocycles. The van der Waals surface area contributed by atoms with E-state index in [1.165, 1.54) is 29.0 Å². The summed E-state index contributed by atoms with van der Waals surface area (Å²) in [4.78, 5) is 11.4. The number of carboxylic acid groups (broad SMARTS) is 1. The van der Waals surface area contributed by atoms with Gasteiger partial charge in [0.15, 0.2) is 0 Å². The quantitative estimate of drug-likeness (QED) is 0.248. The summed E-state index contributed by atoms with van der Waals surface area (Å²) < 4.78 is 6.06. The molecule has 0 bridgehead atoms. The van der Waals surface area contributed by atoms with E-state index in [1.807, 2.05) is 24.3 Å². The minimum atomic E-state index is -0.956. The number of benzene rings is 2. The van der Waals surface area contributed by atoms with E-state index in [4.69, 9.17) is 10.6 Å². The van der Waals surface area contributed by atoms with E-state index in [-0.39, 0.29) is 17.3 Å². The van der Waals surface area contributed by atoms with Gasteiger partial charge in [0, 0.05) is 13.8 Å². The lowest BCUT2D eigenvalue weighted by molar-refractivity contribution is -0.137. The van der Waals surface area contributed by atoms with E-state index in [9.17, 15) is 9.90 Å². The van der Waals surface area contributed by atoms with Gasteiger partial charge in [-0.1, -0.05) is 58.0 Å². The van der Waals surface area contributed by atoms with Crippen molar-refractivity contribution in [2.75, 3.05) is 7.05 Å². The maximum Gasteiger partial charge on any atom is 0.304 e. The Labute approximate surface area is 202 Å². The average Bonchev–Trinajstić information content (AvgIpc) is 2.78. The molecule has 34 heavy (non-hydrogen) atoms. The van der Waals surface area contributed by atoms with Crippen LogP contribution in [0.2, 0.25) is 0 Å². The molecule has 3 N–H and O–H groups in total. The Morgan fingerprint density at radius 2 is 1.74 bits per heavy atom. The minimum Gasteiger partial charge on any atom is -0.489 e. The number of ether oxygens (including phenoxy) is 1. The van der Waals surface area contributed by atoms with Crippen LogP contribution in [0.5, 0.6) is 5.75 Å². The topological polar surface area (TPSA) is 101 Å². The zero-order valence-electron chi connectivity index (χ0n) is 20.8. The second kappa shape index (κ2) is 9.97. The Balaban J connectivity index is 1.78. The fourth-order valence-corrected chi connectivity index (χ4v) is 4.68. The van der Waals surface area contributed by atoms with Gasteiger partial charge in [-0.2, -0.15) is 5.10 Å². The molecule has 2 aromatic rings. The Hall–Kier alpha value is -3.19. The molecule has 1 aliphatic carbocycles. The van der Waals surface area contributed by atoms with Crippen LogP contribution in [0.1, 0.15) is 75.1 Å². The Kier molecular flexibility index (Phi) is 7.46. The van der Waals surface area contributed by atoms with Crippen LogP contribution in [0.15, 0.2) is 52.7 Å². The minimum absolute atomic E-state index is 0.150. The zero-order valence-corrected chi connectivity index (χ0v) is 20.8. The number of carboxylic acids is 1. The molecular weight excluding hydrogens is 428 g/mol.